The van der Waals surface area contributed by atoms with E-state index in [1.54, 1.807) is 54.6 Å². The Bertz CT molecular complexity index is 1570. The Morgan fingerprint density at radius 1 is 0.821 bits per heavy atom. The van der Waals surface area contributed by atoms with E-state index in [2.05, 4.69) is 15.8 Å². The number of esters is 1. The number of non-ortho nitro benzene ring substituents is 1. The molecule has 0 saturated heterocycles. The molecule has 2 N–H and O–H groups in total. The Hall–Kier alpha value is -5.64. The molecule has 0 aromatic heterocycles. The van der Waals surface area contributed by atoms with E-state index in [4.69, 9.17) is 4.74 Å². The number of carbonyl (C=O) groups excluding carboxylic acids is 3. The second-order valence-electron chi connectivity index (χ2n) is 8.33. The number of ether oxygens (including phenoxy) is 1. The SMILES string of the molecule is Cc1cccc(C(=O)Oc2ccc([N+](=O)[O-])cc2/C=N/NC(=O)c2ccc(NC(=O)c3ccccc3)cc2)c1. The first-order valence-corrected chi connectivity index (χ1v) is 11.7. The van der Waals surface area contributed by atoms with Crippen molar-refractivity contribution in [1.29, 1.82) is 0 Å². The number of amides is 2. The first-order valence-electron chi connectivity index (χ1n) is 11.7. The Labute approximate surface area is 223 Å². The number of hydrogen-bond acceptors (Lipinski definition) is 7. The Morgan fingerprint density at radius 3 is 2.21 bits per heavy atom. The highest BCUT2D eigenvalue weighted by molar-refractivity contribution is 6.04. The second-order valence-corrected chi connectivity index (χ2v) is 8.33. The van der Waals surface area contributed by atoms with E-state index < -0.39 is 16.8 Å². The topological polar surface area (TPSA) is 140 Å². The zero-order valence-electron chi connectivity index (χ0n) is 20.7. The number of hydrogen-bond donors (Lipinski definition) is 2. The fourth-order valence-corrected chi connectivity index (χ4v) is 3.50. The average Bonchev–Trinajstić information content (AvgIpc) is 2.94. The maximum absolute atomic E-state index is 12.6. The molecule has 39 heavy (non-hydrogen) atoms. The number of carbonyl (C=O) groups is 3. The van der Waals surface area contributed by atoms with Crippen LogP contribution in [0.5, 0.6) is 5.75 Å². The van der Waals surface area contributed by atoms with Gasteiger partial charge in [-0.15, -0.1) is 0 Å². The summed E-state index contributed by atoms with van der Waals surface area (Å²) in [6, 6.07) is 25.3. The third-order valence-electron chi connectivity index (χ3n) is 5.47. The normalized spacial score (nSPS) is 10.6. The van der Waals surface area contributed by atoms with Gasteiger partial charge in [0.15, 0.2) is 0 Å². The highest BCUT2D eigenvalue weighted by atomic mass is 16.6. The number of aryl methyl sites for hydroxylation is 1. The van der Waals surface area contributed by atoms with E-state index in [0.29, 0.717) is 16.8 Å². The van der Waals surface area contributed by atoms with Gasteiger partial charge in [0.05, 0.1) is 16.7 Å². The summed E-state index contributed by atoms with van der Waals surface area (Å²) in [7, 11) is 0. The molecule has 0 aliphatic heterocycles. The van der Waals surface area contributed by atoms with Gasteiger partial charge in [-0.1, -0.05) is 35.9 Å². The Morgan fingerprint density at radius 2 is 1.51 bits per heavy atom. The van der Waals surface area contributed by atoms with Crippen LogP contribution >= 0.6 is 0 Å². The molecule has 4 rings (SSSR count). The zero-order chi connectivity index (χ0) is 27.8. The largest absolute Gasteiger partial charge is 0.422 e. The fourth-order valence-electron chi connectivity index (χ4n) is 3.50. The van der Waals surface area contributed by atoms with Gasteiger partial charge in [0.2, 0.25) is 0 Å². The highest BCUT2D eigenvalue weighted by Gasteiger charge is 2.15. The molecule has 0 spiro atoms. The van der Waals surface area contributed by atoms with Crippen LogP contribution in [0.1, 0.15) is 42.2 Å². The predicted octanol–water partition coefficient (Wildman–Crippen LogP) is 5.14. The van der Waals surface area contributed by atoms with Crippen molar-refractivity contribution in [2.24, 2.45) is 5.10 Å². The summed E-state index contributed by atoms with van der Waals surface area (Å²) in [4.78, 5) is 48.1. The molecular formula is C29H22N4O6. The lowest BCUT2D eigenvalue weighted by molar-refractivity contribution is -0.384. The summed E-state index contributed by atoms with van der Waals surface area (Å²) < 4.78 is 5.44. The van der Waals surface area contributed by atoms with Crippen LogP contribution in [0.4, 0.5) is 11.4 Å². The van der Waals surface area contributed by atoms with Crippen molar-refractivity contribution in [1.82, 2.24) is 5.43 Å². The van der Waals surface area contributed by atoms with Crippen LogP contribution in [0.15, 0.2) is 102 Å². The molecule has 0 saturated carbocycles. The lowest BCUT2D eigenvalue weighted by atomic mass is 10.1. The zero-order valence-corrected chi connectivity index (χ0v) is 20.7. The maximum atomic E-state index is 12.6. The average molecular weight is 523 g/mol. The van der Waals surface area contributed by atoms with Gasteiger partial charge in [-0.05, 0) is 61.5 Å². The summed E-state index contributed by atoms with van der Waals surface area (Å²) >= 11 is 0. The first kappa shape index (κ1) is 26.4. The summed E-state index contributed by atoms with van der Waals surface area (Å²) in [6.07, 6.45) is 1.15. The number of nitrogens with one attached hydrogen (secondary N) is 2. The number of rotatable bonds is 8. The maximum Gasteiger partial charge on any atom is 0.343 e. The smallest absolute Gasteiger partial charge is 0.343 e. The van der Waals surface area contributed by atoms with Crippen molar-refractivity contribution in [3.63, 3.8) is 0 Å². The fraction of sp³-hybridized carbons (Fsp3) is 0.0345. The molecule has 0 radical (unpaired) electrons. The van der Waals surface area contributed by atoms with Crippen molar-refractivity contribution in [2.75, 3.05) is 5.32 Å². The molecule has 2 amide bonds. The number of hydrazone groups is 1. The molecule has 0 heterocycles. The van der Waals surface area contributed by atoms with Crippen molar-refractivity contribution in [2.45, 2.75) is 6.92 Å². The van der Waals surface area contributed by atoms with Crippen LogP contribution in [-0.4, -0.2) is 28.9 Å². The van der Waals surface area contributed by atoms with E-state index in [9.17, 15) is 24.5 Å². The quantitative estimate of drug-likeness (QED) is 0.108. The number of nitro groups is 1. The van der Waals surface area contributed by atoms with E-state index >= 15 is 0 Å². The number of benzene rings is 4. The molecular weight excluding hydrogens is 500 g/mol. The van der Waals surface area contributed by atoms with Crippen molar-refractivity contribution >= 4 is 35.4 Å². The lowest BCUT2D eigenvalue weighted by Crippen LogP contribution is -2.18. The molecule has 10 heteroatoms. The third-order valence-corrected chi connectivity index (χ3v) is 5.47. The van der Waals surface area contributed by atoms with Crippen LogP contribution < -0.4 is 15.5 Å². The van der Waals surface area contributed by atoms with Gasteiger partial charge in [-0.25, -0.2) is 10.2 Å². The summed E-state index contributed by atoms with van der Waals surface area (Å²) in [5.41, 5.74) is 4.64. The van der Waals surface area contributed by atoms with Gasteiger partial charge in [-0.3, -0.25) is 19.7 Å². The van der Waals surface area contributed by atoms with Gasteiger partial charge in [-0.2, -0.15) is 5.10 Å². The van der Waals surface area contributed by atoms with Gasteiger partial charge in [0.25, 0.3) is 17.5 Å². The molecule has 4 aromatic carbocycles. The lowest BCUT2D eigenvalue weighted by Gasteiger charge is -2.08. The molecule has 0 aliphatic carbocycles. The predicted molar refractivity (Wildman–Crippen MR) is 145 cm³/mol. The molecule has 0 fully saturated rings. The number of nitrogens with zero attached hydrogens (tertiary/aromatic N) is 2. The molecule has 0 unspecified atom stereocenters. The summed E-state index contributed by atoms with van der Waals surface area (Å²) in [6.45, 7) is 1.83. The standard InChI is InChI=1S/C29H22N4O6/c1-19-6-5-9-22(16-19)29(36)39-26-15-14-25(33(37)38)17-23(26)18-30-32-28(35)21-10-12-24(13-11-21)31-27(34)20-7-3-2-4-8-20/h2-18H,1H3,(H,31,34)(H,32,35)/b30-18+. The van der Waals surface area contributed by atoms with Crippen LogP contribution in [0, 0.1) is 17.0 Å². The Balaban J connectivity index is 1.44. The van der Waals surface area contributed by atoms with Crippen molar-refractivity contribution in [3.05, 3.63) is 135 Å². The van der Waals surface area contributed by atoms with Gasteiger partial charge < -0.3 is 10.1 Å². The highest BCUT2D eigenvalue weighted by Crippen LogP contribution is 2.24. The van der Waals surface area contributed by atoms with Crippen LogP contribution in [0.2, 0.25) is 0 Å². The first-order chi connectivity index (χ1) is 18.8. The molecule has 194 valence electrons. The van der Waals surface area contributed by atoms with Crippen molar-refractivity contribution in [3.8, 4) is 5.75 Å². The third kappa shape index (κ3) is 6.98. The minimum Gasteiger partial charge on any atom is -0.422 e. The van der Waals surface area contributed by atoms with Gasteiger partial charge in [0, 0.05) is 34.5 Å². The van der Waals surface area contributed by atoms with E-state index in [1.807, 2.05) is 19.1 Å². The van der Waals surface area contributed by atoms with Crippen LogP contribution in [0.25, 0.3) is 0 Å². The van der Waals surface area contributed by atoms with E-state index in [0.717, 1.165) is 11.8 Å². The molecule has 10 nitrogen and oxygen atoms in total. The van der Waals surface area contributed by atoms with Gasteiger partial charge >= 0.3 is 5.97 Å². The van der Waals surface area contributed by atoms with Crippen LogP contribution in [-0.2, 0) is 0 Å². The van der Waals surface area contributed by atoms with E-state index in [1.165, 1.54) is 30.3 Å². The second kappa shape index (κ2) is 12.1. The minimum atomic E-state index is -0.648. The molecule has 0 aliphatic rings. The molecule has 0 bridgehead atoms. The Kier molecular flexibility index (Phi) is 8.17. The summed E-state index contributed by atoms with van der Waals surface area (Å²) in [5.74, 6) is -1.46. The van der Waals surface area contributed by atoms with Crippen LogP contribution in [0.3, 0.4) is 0 Å². The van der Waals surface area contributed by atoms with Crippen molar-refractivity contribution < 1.29 is 24.0 Å². The summed E-state index contributed by atoms with van der Waals surface area (Å²) in [5, 5.41) is 17.9. The minimum absolute atomic E-state index is 0.0311. The van der Waals surface area contributed by atoms with Gasteiger partial charge in [0.1, 0.15) is 5.75 Å². The molecule has 0 atom stereocenters. The van der Waals surface area contributed by atoms with E-state index in [-0.39, 0.29) is 28.5 Å². The molecule has 4 aromatic rings. The number of nitro benzene ring substituents is 1. The monoisotopic (exact) mass is 522 g/mol. The number of anilines is 1.